The molecule has 0 spiro atoms. The molecule has 0 bridgehead atoms. The first-order chi connectivity index (χ1) is 11.2. The number of hydroxylamine groups is 2. The summed E-state index contributed by atoms with van der Waals surface area (Å²) < 4.78 is 24.4. The summed E-state index contributed by atoms with van der Waals surface area (Å²) in [5, 5.41) is 18.5. The molecule has 0 aliphatic carbocycles. The number of carbonyl (C=O) groups excluding carboxylic acids is 1. The van der Waals surface area contributed by atoms with Crippen molar-refractivity contribution in [3.63, 3.8) is 0 Å². The maximum Gasteiger partial charge on any atom is 0.343 e. The number of rotatable bonds is 5. The molecule has 1 aliphatic rings. The molecule has 0 saturated carbocycles. The highest BCUT2D eigenvalue weighted by atomic mass is 32.2. The quantitative estimate of drug-likeness (QED) is 0.633. The lowest BCUT2D eigenvalue weighted by atomic mass is 9.88. The maximum absolute atomic E-state index is 13.8. The van der Waals surface area contributed by atoms with E-state index in [1.807, 2.05) is 0 Å². The van der Waals surface area contributed by atoms with Crippen molar-refractivity contribution < 1.29 is 17.3 Å². The summed E-state index contributed by atoms with van der Waals surface area (Å²) in [4.78, 5) is 13.1. The summed E-state index contributed by atoms with van der Waals surface area (Å²) >= 11 is 0.975. The number of thiophene rings is 1. The number of nitrogens with one attached hydrogen (secondary N) is 1. The average Bonchev–Trinajstić information content (AvgIpc) is 2.97. The van der Waals surface area contributed by atoms with Crippen molar-refractivity contribution in [2.45, 2.75) is 49.8 Å². The van der Waals surface area contributed by atoms with Gasteiger partial charge in [0.25, 0.3) is 0 Å². The van der Waals surface area contributed by atoms with Gasteiger partial charge in [-0.3, -0.25) is 0 Å². The topological polar surface area (TPSA) is 86.3 Å². The number of amides is 1. The van der Waals surface area contributed by atoms with Gasteiger partial charge in [0.2, 0.25) is 0 Å². The highest BCUT2D eigenvalue weighted by Crippen LogP contribution is 2.38. The molecule has 1 aliphatic heterocycles. The zero-order valence-corrected chi connectivity index (χ0v) is 15.8. The van der Waals surface area contributed by atoms with E-state index in [4.69, 9.17) is 0 Å². The van der Waals surface area contributed by atoms with E-state index in [1.165, 1.54) is 6.07 Å². The van der Waals surface area contributed by atoms with Crippen molar-refractivity contribution >= 4 is 27.3 Å². The van der Waals surface area contributed by atoms with Crippen LogP contribution in [0.25, 0.3) is 0 Å². The Kier molecular flexibility index (Phi) is 5.87. The number of hydrogen-bond acceptors (Lipinski definition) is 6. The summed E-state index contributed by atoms with van der Waals surface area (Å²) in [7, 11) is -4.37. The van der Waals surface area contributed by atoms with Crippen LogP contribution in [0, 0.1) is 17.5 Å². The van der Waals surface area contributed by atoms with Gasteiger partial charge in [-0.05, 0) is 50.7 Å². The van der Waals surface area contributed by atoms with E-state index in [2.05, 4.69) is 12.2 Å². The average molecular weight is 374 g/mol. The summed E-state index contributed by atoms with van der Waals surface area (Å²) in [6.07, 6.45) is 1.59. The Balaban J connectivity index is 2.58. The first kappa shape index (κ1) is 19.5. The van der Waals surface area contributed by atoms with E-state index in [0.717, 1.165) is 17.9 Å². The molecule has 0 aromatic carbocycles. The Bertz CT molecular complexity index is 662. The molecule has 1 fully saturated rings. The van der Waals surface area contributed by atoms with Gasteiger partial charge in [0.1, 0.15) is 6.04 Å². The molecule has 1 N–H and O–H groups in total. The zero-order chi connectivity index (χ0) is 18.0. The number of carbonyl (C=O) groups is 1. The van der Waals surface area contributed by atoms with Crippen LogP contribution in [-0.2, 0) is 14.8 Å². The molecule has 1 amide bonds. The molecule has 2 rings (SSSR count). The van der Waals surface area contributed by atoms with Crippen molar-refractivity contribution in [2.24, 2.45) is 5.41 Å². The van der Waals surface area contributed by atoms with Gasteiger partial charge in [-0.2, -0.15) is 12.5 Å². The molecule has 6 nitrogen and oxygen atoms in total. The van der Waals surface area contributed by atoms with E-state index in [-0.39, 0.29) is 10.6 Å². The number of hydrogen-bond donors (Lipinski definition) is 1. The van der Waals surface area contributed by atoms with Crippen LogP contribution in [0.4, 0.5) is 0 Å². The van der Waals surface area contributed by atoms with Crippen LogP contribution in [-0.4, -0.2) is 37.5 Å². The van der Waals surface area contributed by atoms with E-state index >= 15 is 0 Å². The molecular formula is C16H25N2O4S2. The van der Waals surface area contributed by atoms with E-state index < -0.39 is 31.4 Å². The highest BCUT2D eigenvalue weighted by molar-refractivity contribution is 7.88. The fourth-order valence-electron chi connectivity index (χ4n) is 2.88. The number of sulfonamides is 1. The van der Waals surface area contributed by atoms with Crippen LogP contribution in [0.1, 0.15) is 39.5 Å². The molecule has 135 valence electrons. The Morgan fingerprint density at radius 3 is 2.75 bits per heavy atom. The third kappa shape index (κ3) is 3.30. The zero-order valence-electron chi connectivity index (χ0n) is 14.2. The van der Waals surface area contributed by atoms with E-state index in [0.29, 0.717) is 25.8 Å². The minimum atomic E-state index is -4.37. The van der Waals surface area contributed by atoms with Gasteiger partial charge in [-0.1, -0.05) is 6.92 Å². The molecular weight excluding hydrogens is 348 g/mol. The van der Waals surface area contributed by atoms with Crippen molar-refractivity contribution in [2.75, 3.05) is 13.1 Å². The first-order valence-electron chi connectivity index (χ1n) is 8.11. The summed E-state index contributed by atoms with van der Waals surface area (Å²) in [5.74, 6) is -0.821. The predicted octanol–water partition coefficient (Wildman–Crippen LogP) is 2.67. The lowest BCUT2D eigenvalue weighted by Crippen LogP contribution is -2.62. The molecule has 2 heterocycles. The molecule has 8 heteroatoms. The summed E-state index contributed by atoms with van der Waals surface area (Å²) in [6.45, 7) is 8.16. The van der Waals surface area contributed by atoms with Crippen molar-refractivity contribution in [3.05, 3.63) is 29.6 Å². The summed E-state index contributed by atoms with van der Waals surface area (Å²) in [5.41, 5.74) is -1.11. The van der Waals surface area contributed by atoms with Crippen LogP contribution >= 0.6 is 11.3 Å². The normalized spacial score (nSPS) is 22.6. The van der Waals surface area contributed by atoms with Crippen LogP contribution in [0.15, 0.2) is 21.7 Å². The third-order valence-electron chi connectivity index (χ3n) is 4.62. The number of nitrogens with zero attached hydrogens (tertiary/aromatic N) is 1. The molecule has 2 unspecified atom stereocenters. The van der Waals surface area contributed by atoms with Gasteiger partial charge in [-0.25, -0.2) is 4.79 Å². The Morgan fingerprint density at radius 2 is 2.17 bits per heavy atom. The third-order valence-corrected chi connectivity index (χ3v) is 8.02. The smallest absolute Gasteiger partial charge is 0.343 e. The fourth-order valence-corrected chi connectivity index (χ4v) is 5.90. The van der Waals surface area contributed by atoms with Crippen molar-refractivity contribution in [1.82, 2.24) is 5.32 Å². The second kappa shape index (κ2) is 7.21. The standard InChI is InChI=1S/C16H25N2O4S2/c1-4-16(2,3)15(19)18(20,13-7-5-10-17-11-9-13)24(21,22)14-8-6-12-23-14/h6,8,12-13,17H,1,4-5,7,9-11H2,2-3H3. The van der Waals surface area contributed by atoms with Crippen LogP contribution in [0.2, 0.25) is 0 Å². The van der Waals surface area contributed by atoms with Gasteiger partial charge in [-0.15, -0.1) is 11.3 Å². The molecule has 1 aromatic heterocycles. The monoisotopic (exact) mass is 373 g/mol. The lowest BCUT2D eigenvalue weighted by Gasteiger charge is -2.46. The number of quaternary nitrogens is 1. The van der Waals surface area contributed by atoms with Gasteiger partial charge in [0.05, 0.1) is 5.41 Å². The Labute approximate surface area is 148 Å². The lowest BCUT2D eigenvalue weighted by molar-refractivity contribution is -0.709. The van der Waals surface area contributed by atoms with Gasteiger partial charge in [0.15, 0.2) is 4.21 Å². The van der Waals surface area contributed by atoms with Gasteiger partial charge >= 0.3 is 15.9 Å². The molecule has 2 atom stereocenters. The van der Waals surface area contributed by atoms with Crippen LogP contribution in [0.5, 0.6) is 0 Å². The van der Waals surface area contributed by atoms with E-state index in [1.54, 1.807) is 25.3 Å². The minimum absolute atomic E-state index is 0.0529. The first-order valence-corrected chi connectivity index (χ1v) is 10.4. The molecule has 24 heavy (non-hydrogen) atoms. The van der Waals surface area contributed by atoms with Crippen LogP contribution in [0.3, 0.4) is 0 Å². The SMILES string of the molecule is [CH2]CC(C)(C)C(=O)[N+]([O-])(C1CCCNCC1)S(=O)(=O)c1cccs1. The maximum atomic E-state index is 13.8. The predicted molar refractivity (Wildman–Crippen MR) is 94.4 cm³/mol. The van der Waals surface area contributed by atoms with Crippen molar-refractivity contribution in [3.8, 4) is 0 Å². The van der Waals surface area contributed by atoms with Crippen molar-refractivity contribution in [1.29, 1.82) is 0 Å². The van der Waals surface area contributed by atoms with Gasteiger partial charge < -0.3 is 10.5 Å². The largest absolute Gasteiger partial charge is 0.608 e. The highest BCUT2D eigenvalue weighted by Gasteiger charge is 2.53. The molecule has 1 saturated heterocycles. The Morgan fingerprint density at radius 1 is 1.46 bits per heavy atom. The minimum Gasteiger partial charge on any atom is -0.608 e. The van der Waals surface area contributed by atoms with E-state index in [9.17, 15) is 18.4 Å². The second-order valence-corrected chi connectivity index (χ2v) is 9.92. The Hall–Kier alpha value is -0.800. The molecule has 1 radical (unpaired) electrons. The molecule has 1 aromatic rings. The second-order valence-electron chi connectivity index (χ2n) is 6.78. The van der Waals surface area contributed by atoms with Crippen LogP contribution < -0.4 is 5.32 Å². The van der Waals surface area contributed by atoms with Gasteiger partial charge in [0, 0.05) is 19.4 Å². The summed E-state index contributed by atoms with van der Waals surface area (Å²) in [6, 6.07) is 2.17. The fraction of sp³-hybridized carbons (Fsp3) is 0.625.